The number of aromatic hydroxyl groups is 1. The summed E-state index contributed by atoms with van der Waals surface area (Å²) in [6.07, 6.45) is 6.34. The molecular formula is C29H36FNO4. The lowest BCUT2D eigenvalue weighted by Crippen LogP contribution is -2.44. The van der Waals surface area contributed by atoms with Crippen molar-refractivity contribution < 1.29 is 24.1 Å². The van der Waals surface area contributed by atoms with Crippen LogP contribution in [-0.4, -0.2) is 46.3 Å². The minimum absolute atomic E-state index is 0.00698. The fraction of sp³-hybridized carbons (Fsp3) is 0.483. The smallest absolute Gasteiger partial charge is 0.222 e. The molecule has 188 valence electrons. The number of phenols is 1. The second kappa shape index (κ2) is 10.8. The average molecular weight is 482 g/mol. The summed E-state index contributed by atoms with van der Waals surface area (Å²) < 4.78 is 19.4. The first-order valence-corrected chi connectivity index (χ1v) is 12.7. The summed E-state index contributed by atoms with van der Waals surface area (Å²) in [4.78, 5) is 14.4. The first kappa shape index (κ1) is 25.2. The largest absolute Gasteiger partial charge is 0.507 e. The fourth-order valence-electron chi connectivity index (χ4n) is 5.27. The molecule has 2 heterocycles. The number of unbranched alkanes of at least 4 members (excludes halogenated alkanes) is 2. The highest BCUT2D eigenvalue weighted by Gasteiger charge is 2.39. The van der Waals surface area contributed by atoms with E-state index < -0.39 is 5.60 Å². The van der Waals surface area contributed by atoms with Crippen molar-refractivity contribution in [3.8, 4) is 11.5 Å². The van der Waals surface area contributed by atoms with Gasteiger partial charge in [0.05, 0.1) is 5.56 Å². The van der Waals surface area contributed by atoms with E-state index in [9.17, 15) is 14.3 Å². The van der Waals surface area contributed by atoms with E-state index in [1.807, 2.05) is 43.0 Å². The maximum absolute atomic E-state index is 13.1. The number of nitrogens with zero attached hydrogens (tertiary/aromatic N) is 1. The van der Waals surface area contributed by atoms with Crippen molar-refractivity contribution in [2.24, 2.45) is 0 Å². The van der Waals surface area contributed by atoms with Gasteiger partial charge in [-0.05, 0) is 98.9 Å². The first-order chi connectivity index (χ1) is 16.8. The van der Waals surface area contributed by atoms with Gasteiger partial charge in [-0.2, -0.15) is 0 Å². The van der Waals surface area contributed by atoms with Crippen LogP contribution in [0.5, 0.6) is 11.5 Å². The molecule has 6 heteroatoms. The third kappa shape index (κ3) is 5.87. The van der Waals surface area contributed by atoms with Crippen molar-refractivity contribution in [2.75, 3.05) is 19.7 Å². The first-order valence-electron chi connectivity index (χ1n) is 12.7. The lowest BCUT2D eigenvalue weighted by molar-refractivity contribution is -0.131. The van der Waals surface area contributed by atoms with Crippen LogP contribution < -0.4 is 4.74 Å². The van der Waals surface area contributed by atoms with Crippen LogP contribution in [0, 0.1) is 5.82 Å². The van der Waals surface area contributed by atoms with Crippen molar-refractivity contribution in [1.29, 1.82) is 0 Å². The Balaban J connectivity index is 1.43. The second-order valence-electron chi connectivity index (χ2n) is 10.1. The van der Waals surface area contributed by atoms with E-state index in [4.69, 9.17) is 9.84 Å². The van der Waals surface area contributed by atoms with Gasteiger partial charge in [-0.15, -0.1) is 0 Å². The normalized spacial score (nSPS) is 16.5. The zero-order valence-corrected chi connectivity index (χ0v) is 20.8. The molecule has 5 nitrogen and oxygen atoms in total. The number of rotatable bonds is 9. The minimum Gasteiger partial charge on any atom is -0.507 e. The topological polar surface area (TPSA) is 70.0 Å². The maximum Gasteiger partial charge on any atom is 0.222 e. The van der Waals surface area contributed by atoms with Crippen LogP contribution in [-0.2, 0) is 17.6 Å². The van der Waals surface area contributed by atoms with Crippen LogP contribution in [0.1, 0.15) is 69.1 Å². The minimum atomic E-state index is -0.497. The molecule has 0 fully saturated rings. The number of aliphatic hydroxyl groups excluding tert-OH is 1. The third-order valence-electron chi connectivity index (χ3n) is 7.13. The van der Waals surface area contributed by atoms with Crippen LogP contribution in [0.15, 0.2) is 42.0 Å². The van der Waals surface area contributed by atoms with Gasteiger partial charge in [0.2, 0.25) is 5.91 Å². The number of benzene rings is 2. The maximum atomic E-state index is 13.1. The molecule has 4 rings (SSSR count). The Morgan fingerprint density at radius 1 is 1.06 bits per heavy atom. The third-order valence-corrected chi connectivity index (χ3v) is 7.13. The van der Waals surface area contributed by atoms with E-state index >= 15 is 0 Å². The molecule has 0 atom stereocenters. The molecule has 0 unspecified atom stereocenters. The Hall–Kier alpha value is -2.86. The molecule has 2 aromatic carbocycles. The van der Waals surface area contributed by atoms with Crippen LogP contribution in [0.2, 0.25) is 0 Å². The van der Waals surface area contributed by atoms with Gasteiger partial charge >= 0.3 is 0 Å². The highest BCUT2D eigenvalue weighted by atomic mass is 19.1. The summed E-state index contributed by atoms with van der Waals surface area (Å²) >= 11 is 0. The standard InChI is InChI=1S/C29H36FNO4/c1-29(2)24-14-15-31(27(34)9-6-16-32)19-23(24)28-25(33)17-21(18-26(28)35-29)8-5-3-4-7-20-10-12-22(30)13-11-20/h10-13,17-18,32-33H,3-9,14-16,19H2,1-2H3. The van der Waals surface area contributed by atoms with Crippen molar-refractivity contribution in [3.63, 3.8) is 0 Å². The number of carbonyl (C=O) groups is 1. The summed E-state index contributed by atoms with van der Waals surface area (Å²) in [6.45, 7) is 5.19. The zero-order chi connectivity index (χ0) is 25.0. The number of amides is 1. The second-order valence-corrected chi connectivity index (χ2v) is 10.1. The van der Waals surface area contributed by atoms with E-state index in [1.165, 1.54) is 12.1 Å². The van der Waals surface area contributed by atoms with Gasteiger partial charge in [-0.25, -0.2) is 4.39 Å². The van der Waals surface area contributed by atoms with E-state index in [0.717, 1.165) is 54.4 Å². The molecular weight excluding hydrogens is 445 g/mol. The predicted molar refractivity (Wildman–Crippen MR) is 135 cm³/mol. The number of fused-ring (bicyclic) bond motifs is 2. The number of aliphatic hydroxyl groups is 1. The summed E-state index contributed by atoms with van der Waals surface area (Å²) in [5, 5.41) is 20.1. The van der Waals surface area contributed by atoms with Crippen LogP contribution in [0.25, 0.3) is 5.57 Å². The molecule has 0 aliphatic carbocycles. The van der Waals surface area contributed by atoms with Crippen molar-refractivity contribution in [2.45, 2.75) is 70.8 Å². The van der Waals surface area contributed by atoms with Crippen LogP contribution in [0.3, 0.4) is 0 Å². The van der Waals surface area contributed by atoms with Crippen molar-refractivity contribution >= 4 is 11.5 Å². The van der Waals surface area contributed by atoms with Gasteiger partial charge in [0, 0.05) is 26.1 Å². The molecule has 0 spiro atoms. The Morgan fingerprint density at radius 2 is 1.77 bits per heavy atom. The molecule has 0 saturated carbocycles. The van der Waals surface area contributed by atoms with E-state index in [2.05, 4.69) is 0 Å². The van der Waals surface area contributed by atoms with E-state index in [1.54, 1.807) is 0 Å². The van der Waals surface area contributed by atoms with Gasteiger partial charge in [0.1, 0.15) is 22.9 Å². The van der Waals surface area contributed by atoms with Gasteiger partial charge in [-0.3, -0.25) is 4.79 Å². The Labute approximate surface area is 207 Å². The molecule has 2 aliphatic rings. The zero-order valence-electron chi connectivity index (χ0n) is 20.8. The van der Waals surface area contributed by atoms with Gasteiger partial charge in [0.15, 0.2) is 0 Å². The Bertz CT molecular complexity index is 1090. The van der Waals surface area contributed by atoms with E-state index in [0.29, 0.717) is 43.7 Å². The fourth-order valence-corrected chi connectivity index (χ4v) is 5.27. The number of carbonyl (C=O) groups excluding carboxylic acids is 1. The molecule has 2 N–H and O–H groups in total. The number of hydrogen-bond donors (Lipinski definition) is 2. The Morgan fingerprint density at radius 3 is 2.49 bits per heavy atom. The molecule has 0 saturated heterocycles. The average Bonchev–Trinajstić information content (AvgIpc) is 2.82. The molecule has 2 aromatic rings. The van der Waals surface area contributed by atoms with Crippen LogP contribution in [0.4, 0.5) is 4.39 Å². The summed E-state index contributed by atoms with van der Waals surface area (Å²) in [5.41, 5.74) is 4.52. The SMILES string of the molecule is CC1(C)Oc2cc(CCCCCc3ccc(F)cc3)cc(O)c2C2=C1CCN(C(=O)CCCO)C2. The monoisotopic (exact) mass is 481 g/mol. The van der Waals surface area contributed by atoms with Gasteiger partial charge in [0.25, 0.3) is 0 Å². The van der Waals surface area contributed by atoms with E-state index in [-0.39, 0.29) is 24.1 Å². The molecule has 2 aliphatic heterocycles. The van der Waals surface area contributed by atoms with Crippen molar-refractivity contribution in [3.05, 3.63) is 64.5 Å². The lowest BCUT2D eigenvalue weighted by atomic mass is 9.81. The number of ether oxygens (including phenoxy) is 1. The number of halogens is 1. The Kier molecular flexibility index (Phi) is 7.80. The molecule has 0 bridgehead atoms. The molecule has 1 amide bonds. The highest BCUT2D eigenvalue weighted by molar-refractivity contribution is 5.86. The van der Waals surface area contributed by atoms with Crippen LogP contribution >= 0.6 is 0 Å². The molecule has 0 aromatic heterocycles. The predicted octanol–water partition coefficient (Wildman–Crippen LogP) is 5.42. The lowest BCUT2D eigenvalue weighted by Gasteiger charge is -2.42. The molecule has 35 heavy (non-hydrogen) atoms. The van der Waals surface area contributed by atoms with Gasteiger partial charge < -0.3 is 19.8 Å². The number of aryl methyl sites for hydroxylation is 2. The quantitative estimate of drug-likeness (QED) is 0.470. The summed E-state index contributed by atoms with van der Waals surface area (Å²) in [5.74, 6) is 0.716. The molecule has 0 radical (unpaired) electrons. The number of phenolic OH excluding ortho intramolecular Hbond substituents is 1. The highest BCUT2D eigenvalue weighted by Crippen LogP contribution is 2.48. The summed E-state index contributed by atoms with van der Waals surface area (Å²) in [7, 11) is 0. The number of hydrogen-bond acceptors (Lipinski definition) is 4. The van der Waals surface area contributed by atoms with Gasteiger partial charge in [-0.1, -0.05) is 18.6 Å². The van der Waals surface area contributed by atoms with Crippen molar-refractivity contribution in [1.82, 2.24) is 4.90 Å². The summed E-state index contributed by atoms with van der Waals surface area (Å²) in [6, 6.07) is 10.6.